The van der Waals surface area contributed by atoms with E-state index >= 15 is 0 Å². The molecular weight excluding hydrogens is 454 g/mol. The summed E-state index contributed by atoms with van der Waals surface area (Å²) in [4.78, 5) is 31.9. The quantitative estimate of drug-likeness (QED) is 0.0949. The van der Waals surface area contributed by atoms with E-state index in [1.807, 2.05) is 0 Å². The molecule has 0 radical (unpaired) electrons. The van der Waals surface area contributed by atoms with Crippen LogP contribution in [0.15, 0.2) is 0 Å². The fraction of sp³-hybridized carbons (Fsp3) is 0.882. The molecule has 0 aliphatic rings. The Morgan fingerprint density at radius 1 is 0.719 bits per heavy atom. The van der Waals surface area contributed by atoms with E-state index in [0.29, 0.717) is 25.7 Å². The summed E-state index contributed by atoms with van der Waals surface area (Å²) >= 11 is 0.900. The van der Waals surface area contributed by atoms with Crippen LogP contribution in [0, 0.1) is 0 Å². The molecule has 1 unspecified atom stereocenters. The molecular formula is C17H35N3O11S. The SMILES string of the molecule is NC(COC(=O)OCCCCCCON(O)O)CSC(=O)OCCCCCCON(O)O. The molecule has 0 aromatic carbocycles. The molecule has 0 aliphatic heterocycles. The number of nitrogens with two attached hydrogens (primary N) is 1. The Hall–Kier alpha value is -1.27. The van der Waals surface area contributed by atoms with Crippen molar-refractivity contribution in [3.63, 3.8) is 0 Å². The molecule has 0 bridgehead atoms. The molecule has 14 nitrogen and oxygen atoms in total. The molecule has 0 fully saturated rings. The Morgan fingerprint density at radius 2 is 1.19 bits per heavy atom. The van der Waals surface area contributed by atoms with Gasteiger partial charge in [0.15, 0.2) is 0 Å². The number of carbonyl (C=O) groups is 2. The van der Waals surface area contributed by atoms with Gasteiger partial charge in [-0.3, -0.25) is 30.5 Å². The summed E-state index contributed by atoms with van der Waals surface area (Å²) in [6.45, 7) is 0.730. The van der Waals surface area contributed by atoms with Crippen LogP contribution in [-0.2, 0) is 23.9 Å². The number of nitrogens with zero attached hydrogens (tertiary/aromatic N) is 2. The smallest absolute Gasteiger partial charge is 0.458 e. The lowest BCUT2D eigenvalue weighted by Gasteiger charge is -2.12. The number of hydrogen-bond acceptors (Lipinski definition) is 15. The number of ether oxygens (including phenoxy) is 3. The van der Waals surface area contributed by atoms with Crippen LogP contribution in [0.1, 0.15) is 51.4 Å². The first-order valence-corrected chi connectivity index (χ1v) is 11.3. The third kappa shape index (κ3) is 23.4. The summed E-state index contributed by atoms with van der Waals surface area (Å²) in [7, 11) is 0. The molecule has 0 heterocycles. The number of unbranched alkanes of at least 4 members (excludes halogenated alkanes) is 6. The lowest BCUT2D eigenvalue weighted by Crippen LogP contribution is -2.31. The van der Waals surface area contributed by atoms with E-state index < -0.39 is 17.5 Å². The summed E-state index contributed by atoms with van der Waals surface area (Å²) in [6, 6.07) is -0.546. The van der Waals surface area contributed by atoms with Crippen LogP contribution in [0.3, 0.4) is 0 Å². The number of thioether (sulfide) groups is 1. The first kappa shape index (κ1) is 30.7. The Bertz CT molecular complexity index is 435. The molecule has 0 spiro atoms. The monoisotopic (exact) mass is 489 g/mol. The summed E-state index contributed by atoms with van der Waals surface area (Å²) < 4.78 is 14.9. The standard InChI is InChI=1S/C17H35N3O11S/c18-15(13-29-16(21)27-9-5-1-3-7-11-30-19(23)24)14-32-17(22)28-10-6-2-4-8-12-31-20(25)26/h15,23-26H,1-14,18H2. The number of rotatable bonds is 20. The Kier molecular flexibility index (Phi) is 20.7. The van der Waals surface area contributed by atoms with Crippen LogP contribution in [0.5, 0.6) is 0 Å². The maximum Gasteiger partial charge on any atom is 0.508 e. The van der Waals surface area contributed by atoms with Gasteiger partial charge in [-0.05, 0) is 50.3 Å². The minimum absolute atomic E-state index is 0.0869. The second kappa shape index (κ2) is 21.6. The van der Waals surface area contributed by atoms with Crippen LogP contribution < -0.4 is 5.73 Å². The van der Waals surface area contributed by atoms with Crippen molar-refractivity contribution < 1.29 is 54.3 Å². The molecule has 0 saturated heterocycles. The van der Waals surface area contributed by atoms with Crippen molar-refractivity contribution in [1.29, 1.82) is 0 Å². The van der Waals surface area contributed by atoms with Gasteiger partial charge in [-0.15, -0.1) is 0 Å². The van der Waals surface area contributed by atoms with E-state index in [2.05, 4.69) is 9.68 Å². The number of hydrogen-bond donors (Lipinski definition) is 5. The molecule has 15 heteroatoms. The zero-order valence-corrected chi connectivity index (χ0v) is 18.8. The fourth-order valence-electron chi connectivity index (χ4n) is 2.20. The molecule has 0 aromatic rings. The fourth-order valence-corrected chi connectivity index (χ4v) is 2.81. The molecule has 1 atom stereocenters. The molecule has 0 rings (SSSR count). The Balaban J connectivity index is 3.48. The van der Waals surface area contributed by atoms with E-state index in [9.17, 15) is 9.59 Å². The van der Waals surface area contributed by atoms with Crippen molar-refractivity contribution in [2.75, 3.05) is 38.8 Å². The summed E-state index contributed by atoms with van der Waals surface area (Å²) in [5, 5.41) is 32.2. The summed E-state index contributed by atoms with van der Waals surface area (Å²) in [6.07, 6.45) is 4.87. The second-order valence-electron chi connectivity index (χ2n) is 6.58. The van der Waals surface area contributed by atoms with Crippen molar-refractivity contribution in [1.82, 2.24) is 10.8 Å². The number of carbonyl (C=O) groups excluding carboxylic acids is 2. The maximum absolute atomic E-state index is 11.6. The van der Waals surface area contributed by atoms with Crippen LogP contribution in [0.4, 0.5) is 9.59 Å². The van der Waals surface area contributed by atoms with Gasteiger partial charge in [0, 0.05) is 11.8 Å². The van der Waals surface area contributed by atoms with Gasteiger partial charge < -0.3 is 19.9 Å². The van der Waals surface area contributed by atoms with E-state index in [1.165, 1.54) is 0 Å². The van der Waals surface area contributed by atoms with Crippen molar-refractivity contribution in [2.24, 2.45) is 5.73 Å². The highest BCUT2D eigenvalue weighted by atomic mass is 32.2. The van der Waals surface area contributed by atoms with Crippen LogP contribution in [0.2, 0.25) is 0 Å². The van der Waals surface area contributed by atoms with E-state index in [-0.39, 0.29) is 49.6 Å². The zero-order valence-electron chi connectivity index (χ0n) is 18.0. The average molecular weight is 490 g/mol. The van der Waals surface area contributed by atoms with Crippen molar-refractivity contribution in [3.8, 4) is 0 Å². The predicted octanol–water partition coefficient (Wildman–Crippen LogP) is 2.48. The van der Waals surface area contributed by atoms with Gasteiger partial charge >= 0.3 is 11.5 Å². The summed E-state index contributed by atoms with van der Waals surface area (Å²) in [5.41, 5.74) is 5.80. The van der Waals surface area contributed by atoms with Crippen LogP contribution in [-0.4, -0.2) is 87.9 Å². The average Bonchev–Trinajstić information content (AvgIpc) is 2.74. The van der Waals surface area contributed by atoms with Crippen molar-refractivity contribution >= 4 is 23.2 Å². The molecule has 32 heavy (non-hydrogen) atoms. The molecule has 6 N–H and O–H groups in total. The molecule has 0 saturated carbocycles. The minimum Gasteiger partial charge on any atom is -0.458 e. The van der Waals surface area contributed by atoms with Crippen LogP contribution in [0.25, 0.3) is 0 Å². The second-order valence-corrected chi connectivity index (χ2v) is 7.53. The van der Waals surface area contributed by atoms with Crippen molar-refractivity contribution in [2.45, 2.75) is 57.4 Å². The van der Waals surface area contributed by atoms with Gasteiger partial charge in [-0.2, -0.15) is 0 Å². The molecule has 190 valence electrons. The van der Waals surface area contributed by atoms with E-state index in [0.717, 1.165) is 37.4 Å². The normalized spacial score (nSPS) is 12.2. The van der Waals surface area contributed by atoms with Gasteiger partial charge in [0.25, 0.3) is 0 Å². The van der Waals surface area contributed by atoms with Gasteiger partial charge in [0.05, 0.1) is 37.2 Å². The first-order valence-electron chi connectivity index (χ1n) is 10.3. The highest BCUT2D eigenvalue weighted by Gasteiger charge is 2.12. The van der Waals surface area contributed by atoms with Crippen molar-refractivity contribution in [3.05, 3.63) is 0 Å². The van der Waals surface area contributed by atoms with Gasteiger partial charge in [0.2, 0.25) is 0 Å². The molecule has 0 amide bonds. The Morgan fingerprint density at radius 3 is 1.69 bits per heavy atom. The van der Waals surface area contributed by atoms with E-state index in [4.69, 9.17) is 40.8 Å². The lowest BCUT2D eigenvalue weighted by molar-refractivity contribution is -0.492. The summed E-state index contributed by atoms with van der Waals surface area (Å²) in [5.74, 6) is 0.226. The van der Waals surface area contributed by atoms with Gasteiger partial charge in [0.1, 0.15) is 6.61 Å². The third-order valence-electron chi connectivity index (χ3n) is 3.76. The first-order chi connectivity index (χ1) is 15.3. The maximum atomic E-state index is 11.6. The highest BCUT2D eigenvalue weighted by molar-refractivity contribution is 8.13. The van der Waals surface area contributed by atoms with Crippen LogP contribution >= 0.6 is 11.8 Å². The zero-order chi connectivity index (χ0) is 24.0. The van der Waals surface area contributed by atoms with Gasteiger partial charge in [-0.1, -0.05) is 12.8 Å². The lowest BCUT2D eigenvalue weighted by atomic mass is 10.2. The minimum atomic E-state index is -0.830. The Labute approximate surface area is 190 Å². The topological polar surface area (TPSA) is 194 Å². The van der Waals surface area contributed by atoms with Gasteiger partial charge in [-0.25, -0.2) is 9.59 Å². The predicted molar refractivity (Wildman–Crippen MR) is 109 cm³/mol. The molecule has 0 aromatic heterocycles. The highest BCUT2D eigenvalue weighted by Crippen LogP contribution is 2.09. The largest absolute Gasteiger partial charge is 0.508 e. The molecule has 0 aliphatic carbocycles. The van der Waals surface area contributed by atoms with E-state index in [1.54, 1.807) is 0 Å². The third-order valence-corrected chi connectivity index (χ3v) is 4.71.